The van der Waals surface area contributed by atoms with Gasteiger partial charge in [-0.05, 0) is 18.8 Å². The van der Waals surface area contributed by atoms with E-state index < -0.39 is 50.2 Å². The number of hydrogen-bond acceptors (Lipinski definition) is 8. The number of nitrogens with zero attached hydrogens (tertiary/aromatic N) is 1. The van der Waals surface area contributed by atoms with Crippen molar-refractivity contribution in [3.8, 4) is 0 Å². The predicted octanol–water partition coefficient (Wildman–Crippen LogP) is 2.38. The van der Waals surface area contributed by atoms with Crippen LogP contribution in [0.15, 0.2) is 46.5 Å². The zero-order valence-corrected chi connectivity index (χ0v) is 33.9. The molecule has 13 heteroatoms. The molecule has 2 aromatic rings. The monoisotopic (exact) mass is 829 g/mol. The molecule has 2 aliphatic heterocycles. The first kappa shape index (κ1) is 45.9. The molecule has 3 atom stereocenters. The van der Waals surface area contributed by atoms with Crippen molar-refractivity contribution in [2.45, 2.75) is 85.9 Å². The Bertz CT molecular complexity index is 1240. The number of carbonyl (C=O) groups excluding carboxylic acids is 5. The van der Waals surface area contributed by atoms with E-state index in [0.29, 0.717) is 58.0 Å². The molecule has 0 radical (unpaired) electrons. The Kier molecular flexibility index (Phi) is 24.8. The van der Waals surface area contributed by atoms with Gasteiger partial charge < -0.3 is 9.47 Å². The predicted molar refractivity (Wildman–Crippen MR) is 201 cm³/mol. The molecule has 2 saturated heterocycles. The van der Waals surface area contributed by atoms with Crippen molar-refractivity contribution in [2.24, 2.45) is 11.8 Å². The second kappa shape index (κ2) is 27.6. The molecule has 1 aromatic heterocycles. The molecule has 0 aliphatic carbocycles. The van der Waals surface area contributed by atoms with E-state index in [-0.39, 0.29) is 25.5 Å². The molecule has 51 heavy (non-hydrogen) atoms. The van der Waals surface area contributed by atoms with Gasteiger partial charge in [0.25, 0.3) is 0 Å². The Balaban J connectivity index is 0.000000926. The molecular formula is C38H61N5O7Te. The molecule has 4 rings (SSSR count). The number of epoxide rings is 1. The number of aldehydes is 1. The first-order valence-corrected chi connectivity index (χ1v) is 20.4. The summed E-state index contributed by atoms with van der Waals surface area (Å²) in [5.41, 5.74) is 1.03. The van der Waals surface area contributed by atoms with E-state index in [1.54, 1.807) is 0 Å². The fraction of sp³-hybridized carbons (Fsp3) is 0.605. The summed E-state index contributed by atoms with van der Waals surface area (Å²) >= 11 is -0.514. The van der Waals surface area contributed by atoms with Crippen molar-refractivity contribution in [1.82, 2.24) is 26.2 Å². The minimum Gasteiger partial charge on any atom is -0.379 e. The first-order chi connectivity index (χ1) is 24.3. The molecule has 2 fully saturated rings. The van der Waals surface area contributed by atoms with Gasteiger partial charge in [-0.1, -0.05) is 71.9 Å². The molecule has 4 N–H and O–H groups in total. The molecular weight excluding hydrogens is 766 g/mol. The maximum atomic E-state index is 13.1. The Morgan fingerprint density at radius 2 is 1.43 bits per heavy atom. The molecule has 1 aromatic carbocycles. The van der Waals surface area contributed by atoms with Crippen LogP contribution >= 0.6 is 0 Å². The Hall–Kier alpha value is -3.08. The Morgan fingerprint density at radius 3 is 1.96 bits per heavy atom. The minimum atomic E-state index is -0.854. The summed E-state index contributed by atoms with van der Waals surface area (Å²) < 4.78 is 13.2. The number of amides is 4. The zero-order chi connectivity index (χ0) is 38.0. The van der Waals surface area contributed by atoms with Crippen LogP contribution in [0.5, 0.6) is 0 Å². The number of rotatable bonds is 15. The number of ether oxygens (including phenoxy) is 2. The Morgan fingerprint density at radius 1 is 0.863 bits per heavy atom. The molecule has 0 spiro atoms. The van der Waals surface area contributed by atoms with Gasteiger partial charge in [0.1, 0.15) is 0 Å². The molecule has 2 aliphatic rings. The smallest absolute Gasteiger partial charge is 0.379 e. The quantitative estimate of drug-likeness (QED) is 0.121. The molecule has 0 bridgehead atoms. The van der Waals surface area contributed by atoms with Crippen LogP contribution in [0.25, 0.3) is 0 Å². The fourth-order valence-corrected chi connectivity index (χ4v) is 6.31. The second-order valence-electron chi connectivity index (χ2n) is 13.7. The summed E-state index contributed by atoms with van der Waals surface area (Å²) in [6.07, 6.45) is 2.42. The van der Waals surface area contributed by atoms with E-state index in [4.69, 9.17) is 9.47 Å². The SMILES string of the molecule is CC(C)C.CC(C)C.CC1CO1.O=CCNC(=O)C(Cc1ccc[te]1)NC(=O)CNC(=O)C(CCc1ccccc1)NC(=O)CN1CCOCC1. The summed E-state index contributed by atoms with van der Waals surface area (Å²) in [7, 11) is 0. The number of nitrogens with one attached hydrogen (secondary N) is 4. The average Bonchev–Trinajstić information content (AvgIpc) is 3.69. The van der Waals surface area contributed by atoms with E-state index >= 15 is 0 Å². The normalized spacial score (nSPS) is 16.0. The summed E-state index contributed by atoms with van der Waals surface area (Å²) in [4.78, 5) is 63.6. The van der Waals surface area contributed by atoms with Gasteiger partial charge in [0.2, 0.25) is 0 Å². The van der Waals surface area contributed by atoms with Crippen LogP contribution < -0.4 is 21.3 Å². The van der Waals surface area contributed by atoms with Crippen molar-refractivity contribution in [3.05, 3.63) is 55.7 Å². The van der Waals surface area contributed by atoms with Crippen LogP contribution in [0.1, 0.15) is 64.0 Å². The molecule has 4 amide bonds. The topological polar surface area (TPSA) is 158 Å². The third-order valence-electron chi connectivity index (χ3n) is 6.61. The van der Waals surface area contributed by atoms with Gasteiger partial charge in [-0.15, -0.1) is 0 Å². The van der Waals surface area contributed by atoms with E-state index in [9.17, 15) is 24.0 Å². The molecule has 0 saturated carbocycles. The van der Waals surface area contributed by atoms with Gasteiger partial charge in [0.05, 0.1) is 25.9 Å². The van der Waals surface area contributed by atoms with Gasteiger partial charge in [0, 0.05) is 13.1 Å². The van der Waals surface area contributed by atoms with Crippen molar-refractivity contribution in [1.29, 1.82) is 0 Å². The maximum absolute atomic E-state index is 13.1. The Labute approximate surface area is 314 Å². The number of morpholine rings is 1. The van der Waals surface area contributed by atoms with E-state index in [1.165, 1.54) is 0 Å². The number of carbonyl (C=O) groups is 5. The molecule has 3 unspecified atom stereocenters. The van der Waals surface area contributed by atoms with E-state index in [2.05, 4.69) is 73.8 Å². The van der Waals surface area contributed by atoms with Crippen LogP contribution in [0.3, 0.4) is 0 Å². The molecule has 3 heterocycles. The van der Waals surface area contributed by atoms with Crippen molar-refractivity contribution in [2.75, 3.05) is 52.5 Å². The second-order valence-corrected chi connectivity index (χ2v) is 16.6. The number of benzene rings is 1. The van der Waals surface area contributed by atoms with E-state index in [1.807, 2.05) is 47.4 Å². The van der Waals surface area contributed by atoms with Crippen molar-refractivity contribution < 1.29 is 33.4 Å². The summed E-state index contributed by atoms with van der Waals surface area (Å²) in [6, 6.07) is 11.8. The first-order valence-electron chi connectivity index (χ1n) is 17.9. The van der Waals surface area contributed by atoms with Crippen LogP contribution in [-0.4, -0.2) is 126 Å². The van der Waals surface area contributed by atoms with Crippen LogP contribution in [0.4, 0.5) is 0 Å². The average molecular weight is 828 g/mol. The number of aryl methyl sites for hydroxylation is 1. The zero-order valence-electron chi connectivity index (χ0n) is 31.6. The van der Waals surface area contributed by atoms with Crippen molar-refractivity contribution >= 4 is 50.3 Å². The van der Waals surface area contributed by atoms with Gasteiger partial charge in [-0.2, -0.15) is 0 Å². The van der Waals surface area contributed by atoms with Crippen LogP contribution in [-0.2, 0) is 46.3 Å². The van der Waals surface area contributed by atoms with Gasteiger partial charge in [-0.3, -0.25) is 4.90 Å². The van der Waals surface area contributed by atoms with Crippen LogP contribution in [0, 0.1) is 11.8 Å². The molecule has 286 valence electrons. The third kappa shape index (κ3) is 25.5. The van der Waals surface area contributed by atoms with Crippen molar-refractivity contribution in [3.63, 3.8) is 0 Å². The summed E-state index contributed by atoms with van der Waals surface area (Å²) in [5, 5.41) is 10.6. The number of hydrogen-bond donors (Lipinski definition) is 4. The van der Waals surface area contributed by atoms with Gasteiger partial charge >= 0.3 is 172 Å². The molecule has 12 nitrogen and oxygen atoms in total. The van der Waals surface area contributed by atoms with Crippen LogP contribution in [0.2, 0.25) is 0 Å². The summed E-state index contributed by atoms with van der Waals surface area (Å²) in [6.45, 7) is 18.1. The van der Waals surface area contributed by atoms with Gasteiger partial charge in [-0.25, -0.2) is 0 Å². The van der Waals surface area contributed by atoms with E-state index in [0.717, 1.165) is 27.6 Å². The minimum absolute atomic E-state index is 0.150. The fourth-order valence-electron chi connectivity index (χ4n) is 4.16. The third-order valence-corrected chi connectivity index (χ3v) is 9.17. The standard InChI is InChI=1S/C27H35N5O6Te.2C4H10.C3H6O/c33-13-10-28-27(37)23(17-21-7-4-16-39-21)31-24(34)18-29-26(36)22(9-8-20-5-2-1-3-6-20)30-25(35)19-32-11-14-38-15-12-32;2*1-4(2)3;1-3-2-4-3/h1-7,13,16,22-23H,8-12,14-15,17-19H2,(H,28,37)(H,29,36)(H,30,35)(H,31,34);2*4H,1-3H3;3H,2H2,1H3. The summed E-state index contributed by atoms with van der Waals surface area (Å²) in [5.74, 6) is -0.0850. The van der Waals surface area contributed by atoms with Gasteiger partial charge in [0.15, 0.2) is 0 Å².